The summed E-state index contributed by atoms with van der Waals surface area (Å²) in [6.45, 7) is 1.43. The number of anilines is 1. The van der Waals surface area contributed by atoms with Crippen LogP contribution in [0.15, 0.2) is 48.9 Å². The van der Waals surface area contributed by atoms with Gasteiger partial charge in [0, 0.05) is 30.6 Å². The van der Waals surface area contributed by atoms with Gasteiger partial charge in [-0.1, -0.05) is 0 Å². The number of hydrogen-bond acceptors (Lipinski definition) is 5. The van der Waals surface area contributed by atoms with Crippen molar-refractivity contribution in [2.45, 2.75) is 13.1 Å². The summed E-state index contributed by atoms with van der Waals surface area (Å²) in [5.41, 5.74) is -0.735. The minimum Gasteiger partial charge on any atom is -0.462 e. The molecule has 0 radical (unpaired) electrons. The quantitative estimate of drug-likeness (QED) is 0.475. The van der Waals surface area contributed by atoms with Gasteiger partial charge in [-0.25, -0.2) is 9.48 Å². The zero-order chi connectivity index (χ0) is 22.6. The van der Waals surface area contributed by atoms with Crippen LogP contribution in [-0.4, -0.2) is 38.0 Å². The molecule has 8 nitrogen and oxygen atoms in total. The molecular weight excluding hydrogens is 415 g/mol. The topological polar surface area (TPSA) is 91.0 Å². The van der Waals surface area contributed by atoms with E-state index in [1.807, 2.05) is 0 Å². The van der Waals surface area contributed by atoms with Gasteiger partial charge in [-0.3, -0.25) is 9.48 Å². The number of ether oxygens (including phenoxy) is 1. The predicted molar refractivity (Wildman–Crippen MR) is 105 cm³/mol. The second-order valence-corrected chi connectivity index (χ2v) is 6.35. The number of carbonyl (C=O) groups is 2. The molecule has 11 heteroatoms. The molecule has 1 N–H and O–H groups in total. The highest BCUT2D eigenvalue weighted by molar-refractivity contribution is 6.01. The van der Waals surface area contributed by atoms with Crippen LogP contribution in [0.4, 0.5) is 18.9 Å². The Morgan fingerprint density at radius 3 is 2.45 bits per heavy atom. The highest BCUT2D eigenvalue weighted by atomic mass is 19.4. The molecule has 0 spiro atoms. The number of benzene rings is 1. The number of hydrogen-bond donors (Lipinski definition) is 1. The minimum atomic E-state index is -4.83. The van der Waals surface area contributed by atoms with E-state index in [4.69, 9.17) is 0 Å². The minimum absolute atomic E-state index is 0.0618. The first-order valence-corrected chi connectivity index (χ1v) is 9.09. The first-order valence-electron chi connectivity index (χ1n) is 9.09. The Kier molecular flexibility index (Phi) is 6.23. The molecule has 1 amide bonds. The number of halogens is 3. The Bertz CT molecular complexity index is 1110. The van der Waals surface area contributed by atoms with E-state index in [0.29, 0.717) is 10.4 Å². The number of carbonyl (C=O) groups excluding carboxylic acids is 2. The molecule has 0 saturated carbocycles. The molecule has 0 saturated heterocycles. The monoisotopic (exact) mass is 433 g/mol. The van der Waals surface area contributed by atoms with Crippen molar-refractivity contribution in [2.24, 2.45) is 7.05 Å². The summed E-state index contributed by atoms with van der Waals surface area (Å²) >= 11 is 0. The lowest BCUT2D eigenvalue weighted by atomic mass is 10.2. The van der Waals surface area contributed by atoms with Crippen molar-refractivity contribution in [1.82, 2.24) is 19.6 Å². The molecule has 1 aromatic carbocycles. The number of esters is 1. The van der Waals surface area contributed by atoms with Gasteiger partial charge in [-0.2, -0.15) is 23.4 Å². The third kappa shape index (κ3) is 5.18. The predicted octanol–water partition coefficient (Wildman–Crippen LogP) is 3.45. The second kappa shape index (κ2) is 8.86. The van der Waals surface area contributed by atoms with Crippen molar-refractivity contribution in [1.29, 1.82) is 0 Å². The highest BCUT2D eigenvalue weighted by Gasteiger charge is 2.41. The maximum atomic E-state index is 13.6. The zero-order valence-corrected chi connectivity index (χ0v) is 16.6. The standard InChI is InChI=1S/C20H18F3N5O3/c1-3-31-19(30)16-11-25-28(18(16)20(21,22)23)15-7-5-14(6-8-15)26-17(29)9-4-13-10-24-27(2)12-13/h4-12H,3H2,1-2H3,(H,26,29)/b9-4+. The first-order chi connectivity index (χ1) is 14.7. The fourth-order valence-electron chi connectivity index (χ4n) is 2.74. The van der Waals surface area contributed by atoms with E-state index < -0.39 is 29.3 Å². The van der Waals surface area contributed by atoms with Gasteiger partial charge in [0.2, 0.25) is 5.91 Å². The van der Waals surface area contributed by atoms with Crippen LogP contribution >= 0.6 is 0 Å². The van der Waals surface area contributed by atoms with E-state index in [0.717, 1.165) is 11.8 Å². The zero-order valence-electron chi connectivity index (χ0n) is 16.6. The number of nitrogens with zero attached hydrogens (tertiary/aromatic N) is 4. The smallest absolute Gasteiger partial charge is 0.434 e. The first kappa shape index (κ1) is 21.8. The largest absolute Gasteiger partial charge is 0.462 e. The third-order valence-electron chi connectivity index (χ3n) is 4.06. The molecule has 0 fully saturated rings. The van der Waals surface area contributed by atoms with E-state index in [-0.39, 0.29) is 12.3 Å². The van der Waals surface area contributed by atoms with Gasteiger partial charge in [0.1, 0.15) is 5.56 Å². The third-order valence-corrected chi connectivity index (χ3v) is 4.06. The SMILES string of the molecule is CCOC(=O)c1cnn(-c2ccc(NC(=O)/C=C/c3cnn(C)c3)cc2)c1C(F)(F)F. The summed E-state index contributed by atoms with van der Waals surface area (Å²) in [5.74, 6) is -1.53. The highest BCUT2D eigenvalue weighted by Crippen LogP contribution is 2.34. The van der Waals surface area contributed by atoms with Crippen LogP contribution in [0.2, 0.25) is 0 Å². The lowest BCUT2D eigenvalue weighted by Gasteiger charge is -2.13. The number of alkyl halides is 3. The molecule has 0 atom stereocenters. The van der Waals surface area contributed by atoms with Gasteiger partial charge in [0.05, 0.1) is 24.7 Å². The summed E-state index contributed by atoms with van der Waals surface area (Å²) in [7, 11) is 1.75. The normalized spacial score (nSPS) is 11.6. The fourth-order valence-corrected chi connectivity index (χ4v) is 2.74. The van der Waals surface area contributed by atoms with Crippen molar-refractivity contribution in [3.8, 4) is 5.69 Å². The Labute approximate surface area is 174 Å². The van der Waals surface area contributed by atoms with Gasteiger partial charge in [-0.15, -0.1) is 0 Å². The number of amides is 1. The van der Waals surface area contributed by atoms with Crippen LogP contribution < -0.4 is 5.32 Å². The molecule has 3 aromatic rings. The molecule has 0 bridgehead atoms. The van der Waals surface area contributed by atoms with Crippen LogP contribution in [0.25, 0.3) is 11.8 Å². The van der Waals surface area contributed by atoms with Gasteiger partial charge >= 0.3 is 12.1 Å². The summed E-state index contributed by atoms with van der Waals surface area (Å²) < 4.78 is 47.6. The molecule has 3 rings (SSSR count). The lowest BCUT2D eigenvalue weighted by Crippen LogP contribution is -2.18. The number of aromatic nitrogens is 4. The lowest BCUT2D eigenvalue weighted by molar-refractivity contribution is -0.143. The maximum Gasteiger partial charge on any atom is 0.434 e. The molecule has 2 aromatic heterocycles. The molecule has 0 aliphatic carbocycles. The number of aryl methyl sites for hydroxylation is 1. The molecule has 0 aliphatic heterocycles. The maximum absolute atomic E-state index is 13.6. The number of rotatable bonds is 6. The second-order valence-electron chi connectivity index (χ2n) is 6.35. The molecule has 162 valence electrons. The van der Waals surface area contributed by atoms with Gasteiger partial charge in [0.15, 0.2) is 5.69 Å². The molecule has 0 unspecified atom stereocenters. The summed E-state index contributed by atoms with van der Waals surface area (Å²) in [6, 6.07) is 5.54. The number of nitrogens with one attached hydrogen (secondary N) is 1. The van der Waals surface area contributed by atoms with Crippen LogP contribution in [0.3, 0.4) is 0 Å². The van der Waals surface area contributed by atoms with Crippen LogP contribution in [0, 0.1) is 0 Å². The van der Waals surface area contributed by atoms with Gasteiger partial charge < -0.3 is 10.1 Å². The van der Waals surface area contributed by atoms with E-state index in [1.165, 1.54) is 37.3 Å². The van der Waals surface area contributed by atoms with Crippen molar-refractivity contribution in [2.75, 3.05) is 11.9 Å². The Hall–Kier alpha value is -3.89. The Balaban J connectivity index is 1.79. The van der Waals surface area contributed by atoms with E-state index in [9.17, 15) is 22.8 Å². The molecule has 0 aliphatic rings. The van der Waals surface area contributed by atoms with Crippen LogP contribution in [0.1, 0.15) is 28.5 Å². The van der Waals surface area contributed by atoms with Crippen molar-refractivity contribution >= 4 is 23.6 Å². The average Bonchev–Trinajstić information content (AvgIpc) is 3.33. The average molecular weight is 433 g/mol. The molecular formula is C20H18F3N5O3. The Morgan fingerprint density at radius 1 is 1.16 bits per heavy atom. The fraction of sp³-hybridized carbons (Fsp3) is 0.200. The molecule has 2 heterocycles. The van der Waals surface area contributed by atoms with Crippen LogP contribution in [0.5, 0.6) is 0 Å². The van der Waals surface area contributed by atoms with Gasteiger partial charge in [-0.05, 0) is 37.3 Å². The molecule has 31 heavy (non-hydrogen) atoms. The van der Waals surface area contributed by atoms with Crippen molar-refractivity contribution in [3.05, 3.63) is 65.8 Å². The van der Waals surface area contributed by atoms with E-state index in [2.05, 4.69) is 20.3 Å². The van der Waals surface area contributed by atoms with Crippen molar-refractivity contribution < 1.29 is 27.5 Å². The van der Waals surface area contributed by atoms with Crippen LogP contribution in [-0.2, 0) is 22.8 Å². The van der Waals surface area contributed by atoms with E-state index >= 15 is 0 Å². The Morgan fingerprint density at radius 2 is 1.87 bits per heavy atom. The van der Waals surface area contributed by atoms with Crippen molar-refractivity contribution in [3.63, 3.8) is 0 Å². The summed E-state index contributed by atoms with van der Waals surface area (Å²) in [6.07, 6.45) is 2.19. The van der Waals surface area contributed by atoms with E-state index in [1.54, 1.807) is 30.2 Å². The summed E-state index contributed by atoms with van der Waals surface area (Å²) in [4.78, 5) is 23.9. The summed E-state index contributed by atoms with van der Waals surface area (Å²) in [5, 5.41) is 10.3. The van der Waals surface area contributed by atoms with Gasteiger partial charge in [0.25, 0.3) is 0 Å².